The van der Waals surface area contributed by atoms with E-state index in [1.165, 1.54) is 6.42 Å². The van der Waals surface area contributed by atoms with Gasteiger partial charge in [-0.1, -0.05) is 12.1 Å². The van der Waals surface area contributed by atoms with Crippen molar-refractivity contribution in [2.24, 2.45) is 0 Å². The van der Waals surface area contributed by atoms with E-state index < -0.39 is 0 Å². The zero-order valence-corrected chi connectivity index (χ0v) is 12.7. The first-order chi connectivity index (χ1) is 10.1. The lowest BCUT2D eigenvalue weighted by Crippen LogP contribution is -2.28. The Balaban J connectivity index is 1.89. The molecular formula is C15H17N3O2S. The molecule has 1 atom stereocenters. The molecule has 1 aromatic carbocycles. The van der Waals surface area contributed by atoms with E-state index in [4.69, 9.17) is 4.98 Å². The van der Waals surface area contributed by atoms with Gasteiger partial charge < -0.3 is 5.32 Å². The molecule has 0 spiro atoms. The highest BCUT2D eigenvalue weighted by Crippen LogP contribution is 2.32. The number of nitrogens with one attached hydrogen (secondary N) is 1. The molecule has 21 heavy (non-hydrogen) atoms. The summed E-state index contributed by atoms with van der Waals surface area (Å²) in [6.45, 7) is 3.81. The molecule has 0 saturated carbocycles. The summed E-state index contributed by atoms with van der Waals surface area (Å²) in [7, 11) is 0. The summed E-state index contributed by atoms with van der Waals surface area (Å²) in [5, 5.41) is 17.6. The molecule has 1 fully saturated rings. The molecule has 1 aliphatic rings. The van der Waals surface area contributed by atoms with E-state index in [1.807, 2.05) is 11.4 Å². The minimum atomic E-state index is -0.336. The van der Waals surface area contributed by atoms with Gasteiger partial charge in [0.25, 0.3) is 5.69 Å². The van der Waals surface area contributed by atoms with Crippen molar-refractivity contribution in [1.82, 2.24) is 10.3 Å². The lowest BCUT2D eigenvalue weighted by molar-refractivity contribution is -0.385. The molecule has 0 radical (unpaired) electrons. The number of rotatable bonds is 3. The summed E-state index contributed by atoms with van der Waals surface area (Å²) in [6.07, 6.45) is 2.34. The predicted molar refractivity (Wildman–Crippen MR) is 83.8 cm³/mol. The molecule has 1 aliphatic heterocycles. The molecule has 1 aromatic heterocycles. The Morgan fingerprint density at radius 2 is 2.33 bits per heavy atom. The summed E-state index contributed by atoms with van der Waals surface area (Å²) >= 11 is 1.65. The van der Waals surface area contributed by atoms with Crippen molar-refractivity contribution in [1.29, 1.82) is 0 Å². The first kappa shape index (κ1) is 14.2. The van der Waals surface area contributed by atoms with Gasteiger partial charge in [0.1, 0.15) is 0 Å². The molecule has 1 saturated heterocycles. The van der Waals surface area contributed by atoms with Gasteiger partial charge in [-0.15, -0.1) is 11.3 Å². The van der Waals surface area contributed by atoms with Gasteiger partial charge in [0.2, 0.25) is 0 Å². The van der Waals surface area contributed by atoms with Crippen LogP contribution in [0.2, 0.25) is 0 Å². The van der Waals surface area contributed by atoms with Gasteiger partial charge >= 0.3 is 0 Å². The second-order valence-corrected chi connectivity index (χ2v) is 6.26. The number of aromatic nitrogens is 1. The number of piperidine rings is 1. The lowest BCUT2D eigenvalue weighted by Gasteiger charge is -2.20. The Kier molecular flexibility index (Phi) is 3.98. The standard InChI is InChI=1S/C15H17N3O2S/c1-10-4-5-11(7-14(10)18(19)20)13-9-21-15(17-13)12-3-2-6-16-8-12/h4-5,7,9,12,16H,2-3,6,8H2,1H3. The van der Waals surface area contributed by atoms with Crippen LogP contribution in [0.4, 0.5) is 5.69 Å². The van der Waals surface area contributed by atoms with E-state index in [-0.39, 0.29) is 10.6 Å². The second kappa shape index (κ2) is 5.91. The van der Waals surface area contributed by atoms with Crippen LogP contribution < -0.4 is 5.32 Å². The van der Waals surface area contributed by atoms with Gasteiger partial charge in [-0.3, -0.25) is 10.1 Å². The number of nitro groups is 1. The Hall–Kier alpha value is -1.79. The van der Waals surface area contributed by atoms with Crippen molar-refractivity contribution < 1.29 is 4.92 Å². The van der Waals surface area contributed by atoms with Crippen LogP contribution in [0.15, 0.2) is 23.6 Å². The van der Waals surface area contributed by atoms with Crippen molar-refractivity contribution in [3.05, 3.63) is 44.3 Å². The van der Waals surface area contributed by atoms with Crippen LogP contribution in [0, 0.1) is 17.0 Å². The molecule has 2 heterocycles. The minimum Gasteiger partial charge on any atom is -0.316 e. The van der Waals surface area contributed by atoms with E-state index in [1.54, 1.807) is 30.4 Å². The summed E-state index contributed by atoms with van der Waals surface area (Å²) in [6, 6.07) is 5.31. The monoisotopic (exact) mass is 303 g/mol. The van der Waals surface area contributed by atoms with E-state index in [9.17, 15) is 10.1 Å². The fourth-order valence-electron chi connectivity index (χ4n) is 2.64. The molecule has 3 rings (SSSR count). The molecule has 1 N–H and O–H groups in total. The quantitative estimate of drug-likeness (QED) is 0.696. The average Bonchev–Trinajstić information content (AvgIpc) is 2.98. The number of nitrogens with zero attached hydrogens (tertiary/aromatic N) is 2. The summed E-state index contributed by atoms with van der Waals surface area (Å²) < 4.78 is 0. The minimum absolute atomic E-state index is 0.154. The summed E-state index contributed by atoms with van der Waals surface area (Å²) in [5.74, 6) is 0.470. The Morgan fingerprint density at radius 1 is 1.48 bits per heavy atom. The van der Waals surface area contributed by atoms with E-state index in [0.29, 0.717) is 11.5 Å². The zero-order valence-electron chi connectivity index (χ0n) is 11.8. The second-order valence-electron chi connectivity index (χ2n) is 5.37. The molecule has 0 aliphatic carbocycles. The Labute approximate surface area is 127 Å². The first-order valence-electron chi connectivity index (χ1n) is 7.06. The van der Waals surface area contributed by atoms with Crippen LogP contribution in [0.1, 0.15) is 29.3 Å². The fourth-order valence-corrected chi connectivity index (χ4v) is 3.60. The maximum Gasteiger partial charge on any atom is 0.272 e. The predicted octanol–water partition coefficient (Wildman–Crippen LogP) is 3.49. The Bertz CT molecular complexity index is 663. The number of aryl methyl sites for hydroxylation is 1. The largest absolute Gasteiger partial charge is 0.316 e. The van der Waals surface area contributed by atoms with E-state index in [0.717, 1.165) is 35.8 Å². The van der Waals surface area contributed by atoms with Crippen LogP contribution in [-0.4, -0.2) is 23.0 Å². The Morgan fingerprint density at radius 3 is 3.05 bits per heavy atom. The molecule has 0 bridgehead atoms. The topological polar surface area (TPSA) is 68.1 Å². The van der Waals surface area contributed by atoms with Crippen molar-refractivity contribution >= 4 is 17.0 Å². The van der Waals surface area contributed by atoms with Gasteiger partial charge in [0.05, 0.1) is 15.6 Å². The third kappa shape index (κ3) is 2.96. The number of benzene rings is 1. The van der Waals surface area contributed by atoms with Crippen molar-refractivity contribution in [3.8, 4) is 11.3 Å². The van der Waals surface area contributed by atoms with Crippen LogP contribution in [0.3, 0.4) is 0 Å². The van der Waals surface area contributed by atoms with Crippen molar-refractivity contribution in [3.63, 3.8) is 0 Å². The molecule has 1 unspecified atom stereocenters. The van der Waals surface area contributed by atoms with Crippen LogP contribution in [0.25, 0.3) is 11.3 Å². The summed E-state index contributed by atoms with van der Waals surface area (Å²) in [5.41, 5.74) is 2.49. The molecule has 0 amide bonds. The molecular weight excluding hydrogens is 286 g/mol. The maximum atomic E-state index is 11.0. The van der Waals surface area contributed by atoms with Crippen LogP contribution in [-0.2, 0) is 0 Å². The van der Waals surface area contributed by atoms with E-state index >= 15 is 0 Å². The maximum absolute atomic E-state index is 11.0. The SMILES string of the molecule is Cc1ccc(-c2csc(C3CCCNC3)n2)cc1[N+](=O)[O-]. The van der Waals surface area contributed by atoms with Crippen LogP contribution >= 0.6 is 11.3 Å². The van der Waals surface area contributed by atoms with Gasteiger partial charge in [0, 0.05) is 35.0 Å². The van der Waals surface area contributed by atoms with Crippen LogP contribution in [0.5, 0.6) is 0 Å². The fraction of sp³-hybridized carbons (Fsp3) is 0.400. The number of hydrogen-bond acceptors (Lipinski definition) is 5. The molecule has 2 aromatic rings. The van der Waals surface area contributed by atoms with Gasteiger partial charge in [-0.25, -0.2) is 4.98 Å². The van der Waals surface area contributed by atoms with Gasteiger partial charge in [0.15, 0.2) is 0 Å². The van der Waals surface area contributed by atoms with Gasteiger partial charge in [-0.2, -0.15) is 0 Å². The zero-order chi connectivity index (χ0) is 14.8. The summed E-state index contributed by atoms with van der Waals surface area (Å²) in [4.78, 5) is 15.4. The highest BCUT2D eigenvalue weighted by molar-refractivity contribution is 7.10. The molecule has 6 heteroatoms. The number of nitro benzene ring substituents is 1. The lowest BCUT2D eigenvalue weighted by atomic mass is 10.0. The normalized spacial score (nSPS) is 18.6. The highest BCUT2D eigenvalue weighted by Gasteiger charge is 2.19. The number of thiazole rings is 1. The smallest absolute Gasteiger partial charge is 0.272 e. The van der Waals surface area contributed by atoms with E-state index in [2.05, 4.69) is 5.32 Å². The molecule has 5 nitrogen and oxygen atoms in total. The van der Waals surface area contributed by atoms with Crippen molar-refractivity contribution in [2.45, 2.75) is 25.7 Å². The van der Waals surface area contributed by atoms with Gasteiger partial charge in [-0.05, 0) is 26.3 Å². The average molecular weight is 303 g/mol. The first-order valence-corrected chi connectivity index (χ1v) is 7.94. The number of hydrogen-bond donors (Lipinski definition) is 1. The van der Waals surface area contributed by atoms with Crippen molar-refractivity contribution in [2.75, 3.05) is 13.1 Å². The molecule has 110 valence electrons. The third-order valence-corrected chi connectivity index (χ3v) is 4.88. The highest BCUT2D eigenvalue weighted by atomic mass is 32.1. The third-order valence-electron chi connectivity index (χ3n) is 3.87.